The Labute approximate surface area is 221 Å². The van der Waals surface area contributed by atoms with Crippen molar-refractivity contribution >= 4 is 60.1 Å². The van der Waals surface area contributed by atoms with Crippen LogP contribution in [0.3, 0.4) is 0 Å². The zero-order valence-electron chi connectivity index (χ0n) is 19.2. The number of rotatable bonds is 7. The molecule has 0 unspecified atom stereocenters. The topological polar surface area (TPSA) is 78.7 Å². The first-order valence-corrected chi connectivity index (χ1v) is 12.1. The molecule has 2 N–H and O–H groups in total. The molecule has 0 radical (unpaired) electrons. The molecule has 0 aliphatic carbocycles. The smallest absolute Gasteiger partial charge is 0.258 e. The second-order valence-electron chi connectivity index (χ2n) is 8.54. The van der Waals surface area contributed by atoms with E-state index in [-0.39, 0.29) is 36.6 Å². The number of amides is 2. The van der Waals surface area contributed by atoms with Crippen molar-refractivity contribution < 1.29 is 9.59 Å². The summed E-state index contributed by atoms with van der Waals surface area (Å²) in [7, 11) is 0. The van der Waals surface area contributed by atoms with Gasteiger partial charge in [0.25, 0.3) is 5.91 Å². The van der Waals surface area contributed by atoms with Gasteiger partial charge in [0.1, 0.15) is 5.65 Å². The molecule has 2 aromatic heterocycles. The van der Waals surface area contributed by atoms with Gasteiger partial charge in [-0.25, -0.2) is 4.98 Å². The van der Waals surface area contributed by atoms with Gasteiger partial charge >= 0.3 is 0 Å². The Balaban J connectivity index is 0.00000171. The first-order chi connectivity index (χ1) is 16.2. The van der Waals surface area contributed by atoms with Crippen LogP contribution < -0.4 is 10.6 Å². The van der Waals surface area contributed by atoms with Crippen LogP contribution in [0.25, 0.3) is 11.7 Å². The average molecular weight is 535 g/mol. The van der Waals surface area contributed by atoms with Crippen LogP contribution in [0.4, 0.5) is 0 Å². The van der Waals surface area contributed by atoms with Gasteiger partial charge in [0.05, 0.1) is 28.4 Å². The number of aromatic nitrogens is 2. The number of nitrogens with zero attached hydrogens (tertiary/aromatic N) is 3. The summed E-state index contributed by atoms with van der Waals surface area (Å²) in [6, 6.07) is 15.9. The summed E-state index contributed by atoms with van der Waals surface area (Å²) in [6.07, 6.45) is 5.66. The molecule has 0 atom stereocenters. The lowest BCUT2D eigenvalue weighted by Gasteiger charge is -2.31. The lowest BCUT2D eigenvalue weighted by atomic mass is 9.97. The van der Waals surface area contributed by atoms with Crippen LogP contribution in [-0.2, 0) is 16.1 Å². The number of hydrogen-bond acceptors (Lipinski definition) is 5. The highest BCUT2D eigenvalue weighted by Gasteiger charge is 2.23. The van der Waals surface area contributed by atoms with Crippen molar-refractivity contribution in [3.8, 4) is 0 Å². The SMILES string of the molecule is Cl.Cl.O=C(CN1CCC(CNC(=O)C2=Cc3cnc4cccc(n34)S2)CC1)NCc1ccccc1. The minimum absolute atomic E-state index is 0. The highest BCUT2D eigenvalue weighted by atomic mass is 35.5. The molecule has 1 aromatic carbocycles. The molecule has 35 heavy (non-hydrogen) atoms. The summed E-state index contributed by atoms with van der Waals surface area (Å²) >= 11 is 1.48. The van der Waals surface area contributed by atoms with Crippen LogP contribution in [-0.4, -0.2) is 52.3 Å². The van der Waals surface area contributed by atoms with E-state index in [4.69, 9.17) is 0 Å². The molecule has 1 saturated heterocycles. The van der Waals surface area contributed by atoms with Gasteiger partial charge in [-0.2, -0.15) is 0 Å². The molecule has 0 spiro atoms. The van der Waals surface area contributed by atoms with E-state index in [0.29, 0.717) is 30.5 Å². The third kappa shape index (κ3) is 6.58. The summed E-state index contributed by atoms with van der Waals surface area (Å²) in [5.41, 5.74) is 2.93. The number of carbonyl (C=O) groups is 2. The number of nitrogens with one attached hydrogen (secondary N) is 2. The monoisotopic (exact) mass is 533 g/mol. The fourth-order valence-corrected chi connectivity index (χ4v) is 5.33. The summed E-state index contributed by atoms with van der Waals surface area (Å²) in [6.45, 7) is 3.39. The van der Waals surface area contributed by atoms with Gasteiger partial charge in [-0.05, 0) is 55.6 Å². The summed E-state index contributed by atoms with van der Waals surface area (Å²) in [5, 5.41) is 7.12. The predicted octanol–water partition coefficient (Wildman–Crippen LogP) is 3.77. The van der Waals surface area contributed by atoms with E-state index in [1.54, 1.807) is 6.20 Å². The van der Waals surface area contributed by atoms with Gasteiger partial charge < -0.3 is 10.6 Å². The van der Waals surface area contributed by atoms with E-state index in [2.05, 4.69) is 24.9 Å². The minimum atomic E-state index is -0.0350. The van der Waals surface area contributed by atoms with Gasteiger partial charge in [-0.1, -0.05) is 48.2 Å². The van der Waals surface area contributed by atoms with Gasteiger partial charge in [0.15, 0.2) is 0 Å². The lowest BCUT2D eigenvalue weighted by molar-refractivity contribution is -0.122. The third-order valence-electron chi connectivity index (χ3n) is 6.20. The number of hydrogen-bond donors (Lipinski definition) is 2. The van der Waals surface area contributed by atoms with E-state index < -0.39 is 0 Å². The molecular weight excluding hydrogens is 505 g/mol. The molecule has 5 rings (SSSR count). The van der Waals surface area contributed by atoms with Crippen LogP contribution in [0.1, 0.15) is 24.1 Å². The van der Waals surface area contributed by atoms with E-state index in [1.807, 2.05) is 54.6 Å². The summed E-state index contributed by atoms with van der Waals surface area (Å²) < 4.78 is 2.06. The van der Waals surface area contributed by atoms with E-state index >= 15 is 0 Å². The minimum Gasteiger partial charge on any atom is -0.351 e. The maximum absolute atomic E-state index is 12.8. The van der Waals surface area contributed by atoms with Crippen molar-refractivity contribution in [1.82, 2.24) is 24.9 Å². The van der Waals surface area contributed by atoms with Gasteiger partial charge in [0.2, 0.25) is 5.91 Å². The van der Waals surface area contributed by atoms with Gasteiger partial charge in [-0.15, -0.1) is 24.8 Å². The summed E-state index contributed by atoms with van der Waals surface area (Å²) in [5.74, 6) is 0.453. The Bertz CT molecular complexity index is 1190. The number of benzene rings is 1. The van der Waals surface area contributed by atoms with E-state index in [1.165, 1.54) is 11.8 Å². The number of carbonyl (C=O) groups excluding carboxylic acids is 2. The zero-order chi connectivity index (χ0) is 22.6. The third-order valence-corrected chi connectivity index (χ3v) is 7.25. The van der Waals surface area contributed by atoms with Crippen molar-refractivity contribution in [3.05, 3.63) is 70.9 Å². The number of thioether (sulfide) groups is 1. The second-order valence-corrected chi connectivity index (χ2v) is 9.61. The Morgan fingerprint density at radius 1 is 1.00 bits per heavy atom. The molecule has 2 aliphatic heterocycles. The summed E-state index contributed by atoms with van der Waals surface area (Å²) in [4.78, 5) is 32.4. The molecule has 2 amide bonds. The molecule has 1 fully saturated rings. The molecular formula is C25H29Cl2N5O2S. The van der Waals surface area contributed by atoms with Crippen molar-refractivity contribution in [3.63, 3.8) is 0 Å². The molecule has 10 heteroatoms. The first kappa shape index (κ1) is 27.1. The number of imidazole rings is 1. The Hall–Kier alpha value is -2.52. The maximum atomic E-state index is 12.8. The van der Waals surface area contributed by atoms with E-state index in [9.17, 15) is 9.59 Å². The van der Waals surface area contributed by atoms with Gasteiger partial charge in [0, 0.05) is 13.1 Å². The molecule has 7 nitrogen and oxygen atoms in total. The molecule has 3 aromatic rings. The largest absolute Gasteiger partial charge is 0.351 e. The van der Waals surface area contributed by atoms with E-state index in [0.717, 1.165) is 47.9 Å². The second kappa shape index (κ2) is 12.4. The standard InChI is InChI=1S/C25H27N5O2S.2ClH/c31-23(27-14-18-5-2-1-3-6-18)17-29-11-9-19(10-12-29)15-28-25(32)21-13-20-16-26-22-7-4-8-24(33-21)30(20)22;;/h1-8,13,16,19H,9-12,14-15,17H2,(H,27,31)(H,28,32);2*1H. The van der Waals surface area contributed by atoms with Crippen LogP contribution in [0.15, 0.2) is 64.7 Å². The van der Waals surface area contributed by atoms with Crippen molar-refractivity contribution in [2.24, 2.45) is 5.92 Å². The number of piperidine rings is 1. The maximum Gasteiger partial charge on any atom is 0.258 e. The highest BCUT2D eigenvalue weighted by molar-refractivity contribution is 8.04. The quantitative estimate of drug-likeness (QED) is 0.483. The fourth-order valence-electron chi connectivity index (χ4n) is 4.33. The Kier molecular flexibility index (Phi) is 9.63. The number of pyridine rings is 1. The Morgan fingerprint density at radius 2 is 1.77 bits per heavy atom. The van der Waals surface area contributed by atoms with Crippen LogP contribution in [0.2, 0.25) is 0 Å². The fraction of sp³-hybridized carbons (Fsp3) is 0.320. The molecule has 0 bridgehead atoms. The first-order valence-electron chi connectivity index (χ1n) is 11.3. The Morgan fingerprint density at radius 3 is 2.54 bits per heavy atom. The molecule has 186 valence electrons. The lowest BCUT2D eigenvalue weighted by Crippen LogP contribution is -2.43. The molecule has 0 saturated carbocycles. The van der Waals surface area contributed by atoms with Crippen LogP contribution >= 0.6 is 36.6 Å². The van der Waals surface area contributed by atoms with Crippen molar-refractivity contribution in [2.75, 3.05) is 26.2 Å². The number of likely N-dealkylation sites (tertiary alicyclic amines) is 1. The van der Waals surface area contributed by atoms with Crippen molar-refractivity contribution in [1.29, 1.82) is 0 Å². The van der Waals surface area contributed by atoms with Gasteiger partial charge in [-0.3, -0.25) is 18.9 Å². The normalized spacial score (nSPS) is 15.5. The highest BCUT2D eigenvalue weighted by Crippen LogP contribution is 2.34. The zero-order valence-corrected chi connectivity index (χ0v) is 21.6. The molecule has 4 heterocycles. The average Bonchev–Trinajstić information content (AvgIpc) is 3.27. The molecule has 2 aliphatic rings. The van der Waals surface area contributed by atoms with Crippen LogP contribution in [0.5, 0.6) is 0 Å². The number of halogens is 2. The van der Waals surface area contributed by atoms with Crippen molar-refractivity contribution in [2.45, 2.75) is 24.4 Å². The van der Waals surface area contributed by atoms with Crippen LogP contribution in [0, 0.1) is 5.92 Å². The predicted molar refractivity (Wildman–Crippen MR) is 144 cm³/mol.